The summed E-state index contributed by atoms with van der Waals surface area (Å²) in [4.78, 5) is 19.2. The number of aromatic nitrogens is 3. The van der Waals surface area contributed by atoms with Crippen LogP contribution in [0.1, 0.15) is 0 Å². The Morgan fingerprint density at radius 2 is 1.74 bits per heavy atom. The van der Waals surface area contributed by atoms with Crippen LogP contribution in [0.5, 0.6) is 0 Å². The lowest BCUT2D eigenvalue weighted by Gasteiger charge is -2.03. The number of benzene rings is 2. The molecule has 2 aromatic heterocycles. The molecule has 0 spiro atoms. The lowest BCUT2D eigenvalue weighted by Crippen LogP contribution is -2.12. The average Bonchev–Trinajstić information content (AvgIpc) is 2.93. The molecule has 0 bridgehead atoms. The van der Waals surface area contributed by atoms with Gasteiger partial charge in [0.2, 0.25) is 5.78 Å². The molecule has 7 heteroatoms. The number of anilines is 1. The van der Waals surface area contributed by atoms with Crippen LogP contribution in [0.15, 0.2) is 69.6 Å². The Labute approximate surface area is 130 Å². The predicted octanol–water partition coefficient (Wildman–Crippen LogP) is 3.17. The molecule has 0 unspecified atom stereocenters. The fourth-order valence-electron chi connectivity index (χ4n) is 2.44. The summed E-state index contributed by atoms with van der Waals surface area (Å²) < 4.78 is 1.66. The van der Waals surface area contributed by atoms with Crippen LogP contribution in [0.3, 0.4) is 0 Å². The van der Waals surface area contributed by atoms with E-state index in [4.69, 9.17) is 5.73 Å². The highest BCUT2D eigenvalue weighted by Crippen LogP contribution is 2.24. The number of rotatable bonds is 2. The Morgan fingerprint density at radius 3 is 2.57 bits per heavy atom. The average molecular weight is 304 g/mol. The van der Waals surface area contributed by atoms with Gasteiger partial charge in [-0.1, -0.05) is 30.3 Å². The molecule has 7 nitrogen and oxygen atoms in total. The molecule has 4 rings (SSSR count). The monoisotopic (exact) mass is 304 g/mol. The van der Waals surface area contributed by atoms with E-state index >= 15 is 0 Å². The highest BCUT2D eigenvalue weighted by atomic mass is 16.1. The molecule has 0 aliphatic rings. The maximum atomic E-state index is 12.2. The van der Waals surface area contributed by atoms with Gasteiger partial charge in [-0.15, -0.1) is 5.11 Å². The number of nitrogens with two attached hydrogens (primary N) is 1. The first-order chi connectivity index (χ1) is 11.2. The van der Waals surface area contributed by atoms with Crippen molar-refractivity contribution in [2.24, 2.45) is 10.2 Å². The van der Waals surface area contributed by atoms with Gasteiger partial charge in [-0.05, 0) is 24.3 Å². The SMILES string of the molecule is Nc1c(N=Nc2ccccc2)c(=O)[nH]c2nc3ccccc3n12. The van der Waals surface area contributed by atoms with Crippen LogP contribution in [-0.2, 0) is 0 Å². The summed E-state index contributed by atoms with van der Waals surface area (Å²) in [6.45, 7) is 0. The van der Waals surface area contributed by atoms with Crippen molar-refractivity contribution in [1.82, 2.24) is 14.4 Å². The third-order valence-electron chi connectivity index (χ3n) is 3.51. The van der Waals surface area contributed by atoms with Crippen molar-refractivity contribution < 1.29 is 0 Å². The number of nitrogen functional groups attached to an aromatic ring is 1. The first-order valence-corrected chi connectivity index (χ1v) is 7.00. The minimum absolute atomic E-state index is 0.0597. The van der Waals surface area contributed by atoms with Crippen molar-refractivity contribution >= 4 is 34.0 Å². The minimum Gasteiger partial charge on any atom is -0.383 e. The van der Waals surface area contributed by atoms with Crippen molar-refractivity contribution in [2.75, 3.05) is 5.73 Å². The van der Waals surface area contributed by atoms with Crippen molar-refractivity contribution in [1.29, 1.82) is 0 Å². The zero-order valence-corrected chi connectivity index (χ0v) is 12.0. The zero-order valence-electron chi connectivity index (χ0n) is 12.0. The molecule has 0 aliphatic heterocycles. The summed E-state index contributed by atoms with van der Waals surface area (Å²) in [5, 5.41) is 8.08. The maximum absolute atomic E-state index is 12.2. The number of aromatic amines is 1. The number of nitrogens with one attached hydrogen (secondary N) is 1. The van der Waals surface area contributed by atoms with E-state index in [1.807, 2.05) is 42.5 Å². The number of nitrogens with zero attached hydrogens (tertiary/aromatic N) is 4. The van der Waals surface area contributed by atoms with Crippen molar-refractivity contribution in [3.8, 4) is 0 Å². The van der Waals surface area contributed by atoms with Crippen LogP contribution in [0, 0.1) is 0 Å². The van der Waals surface area contributed by atoms with Crippen LogP contribution < -0.4 is 11.3 Å². The van der Waals surface area contributed by atoms with Gasteiger partial charge in [-0.25, -0.2) is 4.98 Å². The molecule has 0 saturated heterocycles. The van der Waals surface area contributed by atoms with Gasteiger partial charge in [0.05, 0.1) is 16.7 Å². The number of para-hydroxylation sites is 2. The molecule has 0 atom stereocenters. The largest absolute Gasteiger partial charge is 0.383 e. The van der Waals surface area contributed by atoms with E-state index in [9.17, 15) is 4.79 Å². The molecule has 0 fully saturated rings. The van der Waals surface area contributed by atoms with Gasteiger partial charge in [0.1, 0.15) is 5.82 Å². The lowest BCUT2D eigenvalue weighted by atomic mass is 10.3. The number of azo groups is 1. The van der Waals surface area contributed by atoms with E-state index < -0.39 is 5.56 Å². The number of hydrogen-bond acceptors (Lipinski definition) is 5. The molecule has 0 aliphatic carbocycles. The summed E-state index contributed by atoms with van der Waals surface area (Å²) in [5.74, 6) is 0.587. The molecular formula is C16H12N6O. The molecule has 3 N–H and O–H groups in total. The molecule has 2 aromatic carbocycles. The Balaban J connectivity index is 1.95. The topological polar surface area (TPSA) is 101 Å². The highest BCUT2D eigenvalue weighted by molar-refractivity contribution is 5.82. The van der Waals surface area contributed by atoms with Crippen LogP contribution in [0.4, 0.5) is 17.2 Å². The predicted molar refractivity (Wildman–Crippen MR) is 88.3 cm³/mol. The second-order valence-corrected chi connectivity index (χ2v) is 4.98. The van der Waals surface area contributed by atoms with Crippen LogP contribution in [0.25, 0.3) is 16.8 Å². The first kappa shape index (κ1) is 13.2. The summed E-state index contributed by atoms with van der Waals surface area (Å²) in [6.07, 6.45) is 0. The van der Waals surface area contributed by atoms with E-state index in [-0.39, 0.29) is 11.5 Å². The Hall–Kier alpha value is -3.48. The molecule has 112 valence electrons. The fourth-order valence-corrected chi connectivity index (χ4v) is 2.44. The smallest absolute Gasteiger partial charge is 0.282 e. The van der Waals surface area contributed by atoms with Gasteiger partial charge < -0.3 is 5.73 Å². The number of fused-ring (bicyclic) bond motifs is 3. The molecule has 0 amide bonds. The Bertz CT molecular complexity index is 1090. The number of imidazole rings is 1. The van der Waals surface area contributed by atoms with Crippen LogP contribution >= 0.6 is 0 Å². The fraction of sp³-hybridized carbons (Fsp3) is 0. The summed E-state index contributed by atoms with van der Waals surface area (Å²) in [5.41, 5.74) is 7.96. The number of H-pyrrole nitrogens is 1. The minimum atomic E-state index is -0.426. The normalized spacial score (nSPS) is 11.7. The Kier molecular flexibility index (Phi) is 2.90. The zero-order chi connectivity index (χ0) is 15.8. The third-order valence-corrected chi connectivity index (χ3v) is 3.51. The second kappa shape index (κ2) is 5.06. The lowest BCUT2D eigenvalue weighted by molar-refractivity contribution is 1.08. The Morgan fingerprint density at radius 1 is 1.00 bits per heavy atom. The summed E-state index contributed by atoms with van der Waals surface area (Å²) in [6, 6.07) is 16.6. The van der Waals surface area contributed by atoms with Gasteiger partial charge in [0.15, 0.2) is 5.69 Å². The second-order valence-electron chi connectivity index (χ2n) is 4.98. The van der Waals surface area contributed by atoms with Gasteiger partial charge in [-0.2, -0.15) is 5.11 Å². The molecule has 0 radical (unpaired) electrons. The van der Waals surface area contributed by atoms with E-state index in [1.165, 1.54) is 0 Å². The van der Waals surface area contributed by atoms with E-state index in [0.29, 0.717) is 11.5 Å². The van der Waals surface area contributed by atoms with E-state index in [2.05, 4.69) is 20.2 Å². The van der Waals surface area contributed by atoms with Crippen molar-refractivity contribution in [2.45, 2.75) is 0 Å². The molecule has 2 heterocycles. The van der Waals surface area contributed by atoms with Gasteiger partial charge in [-0.3, -0.25) is 14.2 Å². The van der Waals surface area contributed by atoms with E-state index in [1.54, 1.807) is 16.5 Å². The summed E-state index contributed by atoms with van der Waals surface area (Å²) in [7, 11) is 0. The van der Waals surface area contributed by atoms with Crippen LogP contribution in [0.2, 0.25) is 0 Å². The molecule has 0 saturated carbocycles. The van der Waals surface area contributed by atoms with E-state index in [0.717, 1.165) is 11.0 Å². The highest BCUT2D eigenvalue weighted by Gasteiger charge is 2.13. The quantitative estimate of drug-likeness (QED) is 0.556. The molecule has 4 aromatic rings. The summed E-state index contributed by atoms with van der Waals surface area (Å²) >= 11 is 0. The third kappa shape index (κ3) is 2.15. The van der Waals surface area contributed by atoms with Gasteiger partial charge in [0, 0.05) is 0 Å². The number of hydrogen-bond donors (Lipinski definition) is 2. The molecule has 23 heavy (non-hydrogen) atoms. The van der Waals surface area contributed by atoms with Gasteiger partial charge in [0.25, 0.3) is 5.56 Å². The van der Waals surface area contributed by atoms with Crippen LogP contribution in [-0.4, -0.2) is 14.4 Å². The molecular weight excluding hydrogens is 292 g/mol. The van der Waals surface area contributed by atoms with Gasteiger partial charge >= 0.3 is 0 Å². The van der Waals surface area contributed by atoms with Crippen molar-refractivity contribution in [3.05, 3.63) is 65.0 Å². The van der Waals surface area contributed by atoms with Crippen molar-refractivity contribution in [3.63, 3.8) is 0 Å². The maximum Gasteiger partial charge on any atom is 0.282 e. The standard InChI is InChI=1S/C16H12N6O/c17-14-13(21-20-10-6-2-1-3-7-10)15(23)19-16-18-11-8-4-5-9-12(11)22(14)16/h1-9H,17H2,(H,18,19,23). The first-order valence-electron chi connectivity index (χ1n) is 7.00.